The molecule has 1 fully saturated rings. The molecule has 5 nitrogen and oxygen atoms in total. The third-order valence-electron chi connectivity index (χ3n) is 3.55. The lowest BCUT2D eigenvalue weighted by atomic mass is 9.99. The molecular formula is C13H19BrClFN2O3S. The van der Waals surface area contributed by atoms with Gasteiger partial charge in [0.25, 0.3) is 0 Å². The molecule has 2 rings (SSSR count). The molecule has 1 aromatic carbocycles. The molecule has 1 aliphatic rings. The van der Waals surface area contributed by atoms with Crippen LogP contribution in [0.25, 0.3) is 0 Å². The zero-order valence-electron chi connectivity index (χ0n) is 12.1. The molecule has 0 bridgehead atoms. The maximum Gasteiger partial charge on any atom is 0.240 e. The van der Waals surface area contributed by atoms with Gasteiger partial charge in [-0.15, -0.1) is 12.4 Å². The van der Waals surface area contributed by atoms with Gasteiger partial charge < -0.3 is 10.1 Å². The van der Waals surface area contributed by atoms with Gasteiger partial charge in [0.05, 0.1) is 21.5 Å². The smallest absolute Gasteiger partial charge is 0.240 e. The Morgan fingerprint density at radius 1 is 1.50 bits per heavy atom. The Bertz CT molecular complexity index is 609. The van der Waals surface area contributed by atoms with E-state index in [1.165, 1.54) is 12.1 Å². The van der Waals surface area contributed by atoms with E-state index in [9.17, 15) is 12.8 Å². The van der Waals surface area contributed by atoms with Crippen molar-refractivity contribution >= 4 is 38.4 Å². The summed E-state index contributed by atoms with van der Waals surface area (Å²) >= 11 is 3.00. The summed E-state index contributed by atoms with van der Waals surface area (Å²) in [7, 11) is -2.17. The average Bonchev–Trinajstić information content (AvgIpc) is 2.89. The zero-order chi connectivity index (χ0) is 15.5. The first-order valence-corrected chi connectivity index (χ1v) is 8.85. The Balaban J connectivity index is 0.00000242. The van der Waals surface area contributed by atoms with Gasteiger partial charge in [-0.3, -0.25) is 0 Å². The van der Waals surface area contributed by atoms with E-state index in [-0.39, 0.29) is 28.3 Å². The quantitative estimate of drug-likeness (QED) is 0.743. The van der Waals surface area contributed by atoms with Gasteiger partial charge in [-0.2, -0.15) is 0 Å². The highest BCUT2D eigenvalue weighted by Gasteiger charge is 2.34. The second kappa shape index (κ2) is 8.03. The van der Waals surface area contributed by atoms with Crippen LogP contribution in [0.3, 0.4) is 0 Å². The van der Waals surface area contributed by atoms with Crippen molar-refractivity contribution in [1.29, 1.82) is 0 Å². The summed E-state index contributed by atoms with van der Waals surface area (Å²) in [6.45, 7) is 1.46. The predicted octanol–water partition coefficient (Wildman–Crippen LogP) is 2.06. The Hall–Kier alpha value is -0.250. The van der Waals surface area contributed by atoms with Crippen LogP contribution in [0, 0.1) is 5.82 Å². The second-order valence-corrected chi connectivity index (χ2v) is 7.77. The van der Waals surface area contributed by atoms with Crippen LogP contribution in [0.2, 0.25) is 0 Å². The van der Waals surface area contributed by atoms with Gasteiger partial charge in [0.2, 0.25) is 10.0 Å². The molecule has 1 heterocycles. The lowest BCUT2D eigenvalue weighted by molar-refractivity contribution is 0.122. The monoisotopic (exact) mass is 416 g/mol. The number of ether oxygens (including phenoxy) is 1. The van der Waals surface area contributed by atoms with E-state index >= 15 is 0 Å². The van der Waals surface area contributed by atoms with E-state index in [0.717, 1.165) is 25.5 Å². The Morgan fingerprint density at radius 3 is 2.77 bits per heavy atom. The van der Waals surface area contributed by atoms with E-state index in [1.54, 1.807) is 7.11 Å². The third kappa shape index (κ3) is 4.62. The van der Waals surface area contributed by atoms with E-state index < -0.39 is 21.4 Å². The molecule has 9 heteroatoms. The van der Waals surface area contributed by atoms with E-state index in [4.69, 9.17) is 4.74 Å². The number of methoxy groups -OCH3 is 1. The van der Waals surface area contributed by atoms with Crippen LogP contribution in [-0.4, -0.2) is 40.8 Å². The standard InChI is InChI=1S/C13H18BrFN2O3S.ClH/c1-20-9-13(5-2-6-16-13)8-17-21(18,19)10-3-4-11(14)12(15)7-10;/h3-4,7,16-17H,2,5-6,8-9H2,1H3;1H. The largest absolute Gasteiger partial charge is 0.383 e. The summed E-state index contributed by atoms with van der Waals surface area (Å²) in [4.78, 5) is -0.0891. The van der Waals surface area contributed by atoms with Crippen LogP contribution in [0.1, 0.15) is 12.8 Å². The molecule has 0 saturated carbocycles. The maximum absolute atomic E-state index is 13.5. The molecule has 1 aliphatic heterocycles. The topological polar surface area (TPSA) is 67.4 Å². The molecule has 1 aromatic rings. The molecule has 0 amide bonds. The SMILES string of the molecule is COCC1(CNS(=O)(=O)c2ccc(Br)c(F)c2)CCCN1.Cl. The predicted molar refractivity (Wildman–Crippen MR) is 88.4 cm³/mol. The Morgan fingerprint density at radius 2 is 2.23 bits per heavy atom. The lowest BCUT2D eigenvalue weighted by Gasteiger charge is -2.28. The number of rotatable bonds is 6. The fourth-order valence-corrected chi connectivity index (χ4v) is 3.82. The minimum atomic E-state index is -3.75. The second-order valence-electron chi connectivity index (χ2n) is 5.14. The van der Waals surface area contributed by atoms with Crippen molar-refractivity contribution in [1.82, 2.24) is 10.0 Å². The number of nitrogens with one attached hydrogen (secondary N) is 2. The van der Waals surface area contributed by atoms with Crippen LogP contribution < -0.4 is 10.0 Å². The van der Waals surface area contributed by atoms with Crippen LogP contribution >= 0.6 is 28.3 Å². The molecule has 0 aromatic heterocycles. The number of halogens is 3. The van der Waals surface area contributed by atoms with Crippen molar-refractivity contribution in [2.45, 2.75) is 23.3 Å². The van der Waals surface area contributed by atoms with Gasteiger partial charge in [0.1, 0.15) is 5.82 Å². The number of sulfonamides is 1. The molecule has 2 N–H and O–H groups in total. The van der Waals surface area contributed by atoms with Crippen molar-refractivity contribution in [3.8, 4) is 0 Å². The summed E-state index contributed by atoms with van der Waals surface area (Å²) in [5.74, 6) is -0.608. The van der Waals surface area contributed by atoms with Gasteiger partial charge in [0.15, 0.2) is 0 Å². The van der Waals surface area contributed by atoms with E-state index in [0.29, 0.717) is 6.61 Å². The molecule has 0 aliphatic carbocycles. The minimum Gasteiger partial charge on any atom is -0.383 e. The van der Waals surface area contributed by atoms with Gasteiger partial charge in [-0.25, -0.2) is 17.5 Å². The van der Waals surface area contributed by atoms with E-state index in [1.807, 2.05) is 0 Å². The van der Waals surface area contributed by atoms with Gasteiger partial charge >= 0.3 is 0 Å². The minimum absolute atomic E-state index is 0. The summed E-state index contributed by atoms with van der Waals surface area (Å²) in [6.07, 6.45) is 1.80. The normalized spacial score (nSPS) is 21.6. The summed E-state index contributed by atoms with van der Waals surface area (Å²) in [5, 5.41) is 3.28. The molecule has 1 atom stereocenters. The summed E-state index contributed by atoms with van der Waals surface area (Å²) < 4.78 is 45.9. The number of benzene rings is 1. The van der Waals surface area contributed by atoms with Gasteiger partial charge in [-0.05, 0) is 53.5 Å². The molecule has 0 radical (unpaired) electrons. The number of hydrogen-bond acceptors (Lipinski definition) is 4. The molecule has 126 valence electrons. The first-order chi connectivity index (χ1) is 9.88. The lowest BCUT2D eigenvalue weighted by Crippen LogP contribution is -2.52. The maximum atomic E-state index is 13.5. The van der Waals surface area contributed by atoms with Crippen LogP contribution in [0.4, 0.5) is 4.39 Å². The average molecular weight is 418 g/mol. The molecule has 0 spiro atoms. The Kier molecular flexibility index (Phi) is 7.22. The van der Waals surface area contributed by atoms with E-state index in [2.05, 4.69) is 26.0 Å². The van der Waals surface area contributed by atoms with Crippen LogP contribution in [0.15, 0.2) is 27.6 Å². The fourth-order valence-electron chi connectivity index (χ4n) is 2.43. The third-order valence-corrected chi connectivity index (χ3v) is 5.60. The van der Waals surface area contributed by atoms with Gasteiger partial charge in [-0.1, -0.05) is 0 Å². The summed E-state index contributed by atoms with van der Waals surface area (Å²) in [6, 6.07) is 3.74. The highest BCUT2D eigenvalue weighted by atomic mass is 79.9. The van der Waals surface area contributed by atoms with Crippen LogP contribution in [0.5, 0.6) is 0 Å². The first kappa shape index (κ1) is 19.8. The molecular weight excluding hydrogens is 399 g/mol. The molecule has 22 heavy (non-hydrogen) atoms. The molecule has 1 saturated heterocycles. The van der Waals surface area contributed by atoms with Crippen molar-refractivity contribution < 1.29 is 17.5 Å². The highest BCUT2D eigenvalue weighted by Crippen LogP contribution is 2.22. The Labute approximate surface area is 144 Å². The van der Waals surface area contributed by atoms with Crippen LogP contribution in [-0.2, 0) is 14.8 Å². The van der Waals surface area contributed by atoms with Crippen molar-refractivity contribution in [2.75, 3.05) is 26.8 Å². The number of hydrogen-bond donors (Lipinski definition) is 2. The van der Waals surface area contributed by atoms with Gasteiger partial charge in [0, 0.05) is 13.7 Å². The first-order valence-electron chi connectivity index (χ1n) is 6.57. The van der Waals surface area contributed by atoms with Crippen molar-refractivity contribution in [3.63, 3.8) is 0 Å². The molecule has 1 unspecified atom stereocenters. The zero-order valence-corrected chi connectivity index (χ0v) is 15.3. The highest BCUT2D eigenvalue weighted by molar-refractivity contribution is 9.10. The summed E-state index contributed by atoms with van der Waals surface area (Å²) in [5.41, 5.74) is -0.393. The van der Waals surface area contributed by atoms with Crippen molar-refractivity contribution in [2.24, 2.45) is 0 Å². The fraction of sp³-hybridized carbons (Fsp3) is 0.538. The van der Waals surface area contributed by atoms with Crippen molar-refractivity contribution in [3.05, 3.63) is 28.5 Å².